The molecule has 0 spiro atoms. The molecular formula is C17H24N6O. The van der Waals surface area contributed by atoms with Crippen LogP contribution in [0.1, 0.15) is 35.4 Å². The molecule has 1 amide bonds. The summed E-state index contributed by atoms with van der Waals surface area (Å²) in [5, 5.41) is 7.20. The normalized spacial score (nSPS) is 18.2. The first kappa shape index (κ1) is 16.4. The number of nitrogens with one attached hydrogen (secondary N) is 1. The van der Waals surface area contributed by atoms with Crippen LogP contribution in [0.15, 0.2) is 24.7 Å². The molecule has 7 heteroatoms. The van der Waals surface area contributed by atoms with Gasteiger partial charge in [0.1, 0.15) is 11.5 Å². The van der Waals surface area contributed by atoms with Gasteiger partial charge < -0.3 is 10.2 Å². The minimum atomic E-state index is 0.0365. The van der Waals surface area contributed by atoms with Gasteiger partial charge in [-0.05, 0) is 37.7 Å². The van der Waals surface area contributed by atoms with Crippen molar-refractivity contribution in [2.24, 2.45) is 13.0 Å². The van der Waals surface area contributed by atoms with Crippen molar-refractivity contribution < 1.29 is 4.79 Å². The SMILES string of the molecule is CNc1cnc(C[C@H]2CCCN(C(=O)c3ccn(C)n3)CC2)cn1. The van der Waals surface area contributed by atoms with Crippen molar-refractivity contribution in [1.82, 2.24) is 24.6 Å². The molecule has 1 atom stereocenters. The Morgan fingerprint density at radius 2 is 2.17 bits per heavy atom. The minimum absolute atomic E-state index is 0.0365. The zero-order chi connectivity index (χ0) is 16.9. The van der Waals surface area contributed by atoms with E-state index in [1.807, 2.05) is 25.2 Å². The van der Waals surface area contributed by atoms with Crippen LogP contribution in [0.4, 0.5) is 5.82 Å². The molecule has 1 saturated heterocycles. The summed E-state index contributed by atoms with van der Waals surface area (Å²) in [4.78, 5) is 23.2. The topological polar surface area (TPSA) is 75.9 Å². The third-order valence-electron chi connectivity index (χ3n) is 4.53. The van der Waals surface area contributed by atoms with E-state index >= 15 is 0 Å². The number of likely N-dealkylation sites (tertiary alicyclic amines) is 1. The number of carbonyl (C=O) groups is 1. The number of amides is 1. The summed E-state index contributed by atoms with van der Waals surface area (Å²) >= 11 is 0. The van der Waals surface area contributed by atoms with Crippen molar-refractivity contribution in [1.29, 1.82) is 0 Å². The van der Waals surface area contributed by atoms with Crippen LogP contribution in [0.5, 0.6) is 0 Å². The Morgan fingerprint density at radius 1 is 1.29 bits per heavy atom. The number of hydrogen-bond donors (Lipinski definition) is 1. The van der Waals surface area contributed by atoms with E-state index in [0.717, 1.165) is 50.3 Å². The van der Waals surface area contributed by atoms with Crippen molar-refractivity contribution in [3.8, 4) is 0 Å². The molecule has 3 rings (SSSR count). The number of aromatic nitrogens is 4. The number of anilines is 1. The molecule has 3 heterocycles. The van der Waals surface area contributed by atoms with E-state index in [2.05, 4.69) is 20.4 Å². The molecule has 0 saturated carbocycles. The second-order valence-corrected chi connectivity index (χ2v) is 6.31. The second-order valence-electron chi connectivity index (χ2n) is 6.31. The van der Waals surface area contributed by atoms with Crippen LogP contribution < -0.4 is 5.32 Å². The molecule has 1 aliphatic heterocycles. The fraction of sp³-hybridized carbons (Fsp3) is 0.529. The monoisotopic (exact) mass is 328 g/mol. The van der Waals surface area contributed by atoms with Gasteiger partial charge in [-0.3, -0.25) is 14.5 Å². The van der Waals surface area contributed by atoms with Crippen LogP contribution in [-0.2, 0) is 13.5 Å². The number of nitrogens with zero attached hydrogens (tertiary/aromatic N) is 5. The number of rotatable bonds is 4. The molecule has 24 heavy (non-hydrogen) atoms. The maximum absolute atomic E-state index is 12.5. The predicted molar refractivity (Wildman–Crippen MR) is 91.7 cm³/mol. The second kappa shape index (κ2) is 7.42. The highest BCUT2D eigenvalue weighted by Crippen LogP contribution is 2.22. The summed E-state index contributed by atoms with van der Waals surface area (Å²) in [5.41, 5.74) is 1.55. The standard InChI is InChI=1S/C17H24N6O/c1-18-16-12-19-14(11-20-16)10-13-4-3-7-23(9-5-13)17(24)15-6-8-22(2)21-15/h6,8,11-13H,3-5,7,9-10H2,1-2H3,(H,18,20)/t13-/m0/s1. The highest BCUT2D eigenvalue weighted by molar-refractivity contribution is 5.92. The highest BCUT2D eigenvalue weighted by Gasteiger charge is 2.23. The molecule has 2 aromatic rings. The maximum atomic E-state index is 12.5. The molecule has 0 bridgehead atoms. The van der Waals surface area contributed by atoms with Crippen molar-refractivity contribution >= 4 is 11.7 Å². The summed E-state index contributed by atoms with van der Waals surface area (Å²) in [6.45, 7) is 1.58. The summed E-state index contributed by atoms with van der Waals surface area (Å²) in [5.74, 6) is 1.36. The lowest BCUT2D eigenvalue weighted by atomic mass is 9.95. The zero-order valence-electron chi connectivity index (χ0n) is 14.3. The van der Waals surface area contributed by atoms with Crippen molar-refractivity contribution in [2.75, 3.05) is 25.5 Å². The highest BCUT2D eigenvalue weighted by atomic mass is 16.2. The Bertz CT molecular complexity index is 681. The molecule has 1 N–H and O–H groups in total. The number of hydrogen-bond acceptors (Lipinski definition) is 5. The first-order valence-corrected chi connectivity index (χ1v) is 8.43. The quantitative estimate of drug-likeness (QED) is 0.925. The third-order valence-corrected chi connectivity index (χ3v) is 4.53. The van der Waals surface area contributed by atoms with Crippen LogP contribution in [0, 0.1) is 5.92 Å². The van der Waals surface area contributed by atoms with Gasteiger partial charge in [-0.15, -0.1) is 0 Å². The Hall–Kier alpha value is -2.44. The number of aryl methyl sites for hydroxylation is 1. The Kier molecular flexibility index (Phi) is 5.08. The molecule has 0 unspecified atom stereocenters. The maximum Gasteiger partial charge on any atom is 0.274 e. The smallest absolute Gasteiger partial charge is 0.274 e. The van der Waals surface area contributed by atoms with E-state index in [1.54, 1.807) is 23.1 Å². The van der Waals surface area contributed by atoms with Crippen molar-refractivity contribution in [3.63, 3.8) is 0 Å². The summed E-state index contributed by atoms with van der Waals surface area (Å²) in [6.07, 6.45) is 9.46. The Morgan fingerprint density at radius 3 is 2.83 bits per heavy atom. The largest absolute Gasteiger partial charge is 0.372 e. The first-order valence-electron chi connectivity index (χ1n) is 8.43. The van der Waals surface area contributed by atoms with Gasteiger partial charge in [0.2, 0.25) is 0 Å². The molecular weight excluding hydrogens is 304 g/mol. The van der Waals surface area contributed by atoms with Gasteiger partial charge in [0.05, 0.1) is 18.1 Å². The lowest BCUT2D eigenvalue weighted by Gasteiger charge is -2.19. The van der Waals surface area contributed by atoms with Crippen LogP contribution in [0.3, 0.4) is 0 Å². The van der Waals surface area contributed by atoms with Gasteiger partial charge in [0.25, 0.3) is 5.91 Å². The Balaban J connectivity index is 1.57. The summed E-state index contributed by atoms with van der Waals surface area (Å²) in [7, 11) is 3.66. The molecule has 0 aromatic carbocycles. The summed E-state index contributed by atoms with van der Waals surface area (Å²) < 4.78 is 1.67. The van der Waals surface area contributed by atoms with E-state index in [4.69, 9.17) is 0 Å². The van der Waals surface area contributed by atoms with E-state index in [9.17, 15) is 4.79 Å². The molecule has 1 fully saturated rings. The first-order chi connectivity index (χ1) is 11.7. The van der Waals surface area contributed by atoms with Crippen molar-refractivity contribution in [3.05, 3.63) is 36.0 Å². The fourth-order valence-electron chi connectivity index (χ4n) is 3.15. The minimum Gasteiger partial charge on any atom is -0.372 e. The molecule has 128 valence electrons. The predicted octanol–water partition coefficient (Wildman–Crippen LogP) is 1.74. The molecule has 0 aliphatic carbocycles. The molecule has 1 aliphatic rings. The van der Waals surface area contributed by atoms with Gasteiger partial charge >= 0.3 is 0 Å². The molecule has 0 radical (unpaired) electrons. The van der Waals surface area contributed by atoms with Crippen LogP contribution in [0.2, 0.25) is 0 Å². The average molecular weight is 328 g/mol. The van der Waals surface area contributed by atoms with E-state index in [-0.39, 0.29) is 5.91 Å². The molecule has 2 aromatic heterocycles. The van der Waals surface area contributed by atoms with E-state index in [1.165, 1.54) is 0 Å². The van der Waals surface area contributed by atoms with Crippen LogP contribution in [0.25, 0.3) is 0 Å². The summed E-state index contributed by atoms with van der Waals surface area (Å²) in [6, 6.07) is 1.78. The van der Waals surface area contributed by atoms with E-state index in [0.29, 0.717) is 11.6 Å². The van der Waals surface area contributed by atoms with Gasteiger partial charge in [0, 0.05) is 33.4 Å². The number of carbonyl (C=O) groups excluding carboxylic acids is 1. The van der Waals surface area contributed by atoms with Gasteiger partial charge in [-0.1, -0.05) is 0 Å². The zero-order valence-corrected chi connectivity index (χ0v) is 14.3. The van der Waals surface area contributed by atoms with E-state index < -0.39 is 0 Å². The lowest BCUT2D eigenvalue weighted by Crippen LogP contribution is -2.32. The van der Waals surface area contributed by atoms with Crippen molar-refractivity contribution in [2.45, 2.75) is 25.7 Å². The van der Waals surface area contributed by atoms with Gasteiger partial charge in [-0.2, -0.15) is 5.10 Å². The van der Waals surface area contributed by atoms with Gasteiger partial charge in [0.15, 0.2) is 0 Å². The lowest BCUT2D eigenvalue weighted by molar-refractivity contribution is 0.0753. The Labute approximate surface area is 142 Å². The average Bonchev–Trinajstić information content (AvgIpc) is 2.90. The third kappa shape index (κ3) is 3.90. The molecule has 7 nitrogen and oxygen atoms in total. The van der Waals surface area contributed by atoms with Gasteiger partial charge in [-0.25, -0.2) is 4.98 Å². The van der Waals surface area contributed by atoms with Crippen LogP contribution in [-0.4, -0.2) is 50.7 Å². The van der Waals surface area contributed by atoms with Crippen LogP contribution >= 0.6 is 0 Å². The fourth-order valence-corrected chi connectivity index (χ4v) is 3.15.